The average Bonchev–Trinajstić information content (AvgIpc) is 2.89. The Hall–Kier alpha value is -1.03. The van der Waals surface area contributed by atoms with Crippen molar-refractivity contribution in [1.82, 2.24) is 14.7 Å². The third kappa shape index (κ3) is 1.84. The molecule has 0 spiro atoms. The van der Waals surface area contributed by atoms with E-state index >= 15 is 0 Å². The van der Waals surface area contributed by atoms with Crippen LogP contribution in [0.5, 0.6) is 0 Å². The number of rotatable bonds is 2. The van der Waals surface area contributed by atoms with Crippen molar-refractivity contribution in [2.24, 2.45) is 0 Å². The molecular formula is C13H22N4. The van der Waals surface area contributed by atoms with Crippen LogP contribution in [0.4, 0.5) is 5.82 Å². The molecule has 0 radical (unpaired) electrons. The molecule has 2 aliphatic heterocycles. The Bertz CT molecular complexity index is 410. The number of likely N-dealkylation sites (tertiary alicyclic amines) is 1. The minimum atomic E-state index is 0.648. The number of aryl methyl sites for hydroxylation is 1. The Labute approximate surface area is 103 Å². The van der Waals surface area contributed by atoms with Crippen molar-refractivity contribution in [3.05, 3.63) is 11.3 Å². The Kier molecular flexibility index (Phi) is 2.82. The Balaban J connectivity index is 1.92. The van der Waals surface area contributed by atoms with Crippen molar-refractivity contribution in [1.29, 1.82) is 0 Å². The molecule has 1 aromatic heterocycles. The molecule has 1 saturated heterocycles. The maximum Gasteiger partial charge on any atom is 0.127 e. The minimum Gasteiger partial charge on any atom is -0.370 e. The predicted molar refractivity (Wildman–Crippen MR) is 69.6 cm³/mol. The highest BCUT2D eigenvalue weighted by Gasteiger charge is 2.28. The molecule has 4 nitrogen and oxygen atoms in total. The molecule has 94 valence electrons. The maximum atomic E-state index is 4.84. The van der Waals surface area contributed by atoms with Crippen LogP contribution in [-0.2, 0) is 13.0 Å². The highest BCUT2D eigenvalue weighted by molar-refractivity contribution is 5.53. The molecule has 1 fully saturated rings. The lowest BCUT2D eigenvalue weighted by atomic mass is 9.92. The van der Waals surface area contributed by atoms with E-state index in [4.69, 9.17) is 5.10 Å². The van der Waals surface area contributed by atoms with Gasteiger partial charge < -0.3 is 10.2 Å². The molecule has 2 aliphatic rings. The molecule has 17 heavy (non-hydrogen) atoms. The van der Waals surface area contributed by atoms with E-state index in [1.807, 2.05) is 0 Å². The SMILES string of the molecule is CCn1nc(C2CCCN(C)C2)c2c1NCC2. The van der Waals surface area contributed by atoms with Crippen molar-refractivity contribution in [3.8, 4) is 0 Å². The summed E-state index contributed by atoms with van der Waals surface area (Å²) < 4.78 is 2.15. The number of hydrogen-bond donors (Lipinski definition) is 1. The standard InChI is InChI=1S/C13H22N4/c1-3-17-13-11(6-7-14-13)12(15-17)10-5-4-8-16(2)9-10/h10,14H,3-9H2,1-2H3. The third-order valence-corrected chi connectivity index (χ3v) is 4.06. The van der Waals surface area contributed by atoms with Crippen LogP contribution in [0.15, 0.2) is 0 Å². The Morgan fingerprint density at radius 1 is 1.47 bits per heavy atom. The summed E-state index contributed by atoms with van der Waals surface area (Å²) in [6.45, 7) is 6.64. The van der Waals surface area contributed by atoms with Gasteiger partial charge >= 0.3 is 0 Å². The number of nitrogens with one attached hydrogen (secondary N) is 1. The summed E-state index contributed by atoms with van der Waals surface area (Å²) in [7, 11) is 2.22. The van der Waals surface area contributed by atoms with Crippen LogP contribution in [0.2, 0.25) is 0 Å². The molecule has 0 aliphatic carbocycles. The molecule has 3 heterocycles. The first-order chi connectivity index (χ1) is 8.29. The number of nitrogens with zero attached hydrogens (tertiary/aromatic N) is 3. The summed E-state index contributed by atoms with van der Waals surface area (Å²) in [5, 5.41) is 8.31. The zero-order valence-electron chi connectivity index (χ0n) is 10.9. The second-order valence-corrected chi connectivity index (χ2v) is 5.31. The van der Waals surface area contributed by atoms with E-state index in [0.717, 1.165) is 19.5 Å². The minimum absolute atomic E-state index is 0.648. The lowest BCUT2D eigenvalue weighted by Crippen LogP contribution is -2.31. The summed E-state index contributed by atoms with van der Waals surface area (Å²) in [6.07, 6.45) is 3.77. The largest absolute Gasteiger partial charge is 0.370 e. The van der Waals surface area contributed by atoms with Gasteiger partial charge in [0.05, 0.1) is 5.69 Å². The Morgan fingerprint density at radius 3 is 3.12 bits per heavy atom. The highest BCUT2D eigenvalue weighted by atomic mass is 15.3. The normalized spacial score (nSPS) is 24.7. The zero-order valence-corrected chi connectivity index (χ0v) is 10.9. The molecule has 1 atom stereocenters. The van der Waals surface area contributed by atoms with Crippen LogP contribution in [0.1, 0.15) is 36.9 Å². The number of anilines is 1. The Morgan fingerprint density at radius 2 is 2.35 bits per heavy atom. The number of hydrogen-bond acceptors (Lipinski definition) is 3. The molecule has 0 bridgehead atoms. The first kappa shape index (κ1) is 11.1. The fourth-order valence-electron chi connectivity index (χ4n) is 3.21. The molecule has 1 unspecified atom stereocenters. The van der Waals surface area contributed by atoms with E-state index in [9.17, 15) is 0 Å². The molecular weight excluding hydrogens is 212 g/mol. The topological polar surface area (TPSA) is 33.1 Å². The summed E-state index contributed by atoms with van der Waals surface area (Å²) in [5.74, 6) is 1.94. The molecule has 0 saturated carbocycles. The smallest absolute Gasteiger partial charge is 0.127 e. The number of fused-ring (bicyclic) bond motifs is 1. The monoisotopic (exact) mass is 234 g/mol. The molecule has 0 amide bonds. The van der Waals surface area contributed by atoms with E-state index in [0.29, 0.717) is 5.92 Å². The summed E-state index contributed by atoms with van der Waals surface area (Å²) >= 11 is 0. The lowest BCUT2D eigenvalue weighted by molar-refractivity contribution is 0.247. The average molecular weight is 234 g/mol. The predicted octanol–water partition coefficient (Wildman–Crippen LogP) is 1.68. The van der Waals surface area contributed by atoms with Gasteiger partial charge in [0.15, 0.2) is 0 Å². The van der Waals surface area contributed by atoms with E-state index in [-0.39, 0.29) is 0 Å². The molecule has 4 heteroatoms. The summed E-state index contributed by atoms with van der Waals surface area (Å²) in [4.78, 5) is 2.44. The summed E-state index contributed by atoms with van der Waals surface area (Å²) in [5.41, 5.74) is 2.87. The second-order valence-electron chi connectivity index (χ2n) is 5.31. The second kappa shape index (κ2) is 4.33. The molecule has 1 aromatic rings. The first-order valence-corrected chi connectivity index (χ1v) is 6.81. The zero-order chi connectivity index (χ0) is 11.8. The van der Waals surface area contributed by atoms with E-state index < -0.39 is 0 Å². The van der Waals surface area contributed by atoms with Gasteiger partial charge in [0.25, 0.3) is 0 Å². The van der Waals surface area contributed by atoms with Gasteiger partial charge in [0.2, 0.25) is 0 Å². The quantitative estimate of drug-likeness (QED) is 0.845. The van der Waals surface area contributed by atoms with Crippen LogP contribution in [0.3, 0.4) is 0 Å². The van der Waals surface area contributed by atoms with Crippen LogP contribution in [0, 0.1) is 0 Å². The van der Waals surface area contributed by atoms with Gasteiger partial charge in [-0.2, -0.15) is 5.10 Å². The van der Waals surface area contributed by atoms with Gasteiger partial charge in [-0.25, -0.2) is 4.68 Å². The van der Waals surface area contributed by atoms with Crippen LogP contribution in [0.25, 0.3) is 0 Å². The molecule has 3 rings (SSSR count). The molecule has 1 N–H and O–H groups in total. The number of piperidine rings is 1. The summed E-state index contributed by atoms with van der Waals surface area (Å²) in [6, 6.07) is 0. The van der Waals surface area contributed by atoms with Gasteiger partial charge in [-0.15, -0.1) is 0 Å². The maximum absolute atomic E-state index is 4.84. The lowest BCUT2D eigenvalue weighted by Gasteiger charge is -2.29. The molecule has 0 aromatic carbocycles. The van der Waals surface area contributed by atoms with Gasteiger partial charge in [-0.05, 0) is 39.8 Å². The van der Waals surface area contributed by atoms with Crippen molar-refractivity contribution >= 4 is 5.82 Å². The van der Waals surface area contributed by atoms with Crippen molar-refractivity contribution in [2.75, 3.05) is 32.0 Å². The van der Waals surface area contributed by atoms with Crippen molar-refractivity contribution in [2.45, 2.75) is 38.6 Å². The number of aromatic nitrogens is 2. The van der Waals surface area contributed by atoms with Crippen LogP contribution >= 0.6 is 0 Å². The van der Waals surface area contributed by atoms with E-state index in [1.165, 1.54) is 43.0 Å². The fraction of sp³-hybridized carbons (Fsp3) is 0.769. The van der Waals surface area contributed by atoms with E-state index in [1.54, 1.807) is 0 Å². The highest BCUT2D eigenvalue weighted by Crippen LogP contribution is 2.34. The van der Waals surface area contributed by atoms with Gasteiger partial charge in [-0.1, -0.05) is 0 Å². The van der Waals surface area contributed by atoms with Gasteiger partial charge in [0, 0.05) is 31.1 Å². The van der Waals surface area contributed by atoms with Crippen molar-refractivity contribution < 1.29 is 0 Å². The third-order valence-electron chi connectivity index (χ3n) is 4.06. The van der Waals surface area contributed by atoms with Crippen LogP contribution in [-0.4, -0.2) is 41.4 Å². The number of likely N-dealkylation sites (N-methyl/N-ethyl adjacent to an activating group) is 1. The van der Waals surface area contributed by atoms with Crippen molar-refractivity contribution in [3.63, 3.8) is 0 Å². The first-order valence-electron chi connectivity index (χ1n) is 6.81. The van der Waals surface area contributed by atoms with Gasteiger partial charge in [-0.3, -0.25) is 0 Å². The van der Waals surface area contributed by atoms with E-state index in [2.05, 4.69) is 28.9 Å². The van der Waals surface area contributed by atoms with Crippen LogP contribution < -0.4 is 5.32 Å². The fourth-order valence-corrected chi connectivity index (χ4v) is 3.21. The van der Waals surface area contributed by atoms with Gasteiger partial charge in [0.1, 0.15) is 5.82 Å².